The molecule has 15 heteroatoms. The van der Waals surface area contributed by atoms with E-state index in [-0.39, 0.29) is 22.4 Å². The number of nitrogen functional groups attached to an aromatic ring is 1. The second kappa shape index (κ2) is 15.9. The maximum atomic E-state index is 13.4. The second-order valence-electron chi connectivity index (χ2n) is 13.2. The largest absolute Gasteiger partial charge is 0.480 e. The van der Waals surface area contributed by atoms with Crippen molar-refractivity contribution >= 4 is 46.0 Å². The highest BCUT2D eigenvalue weighted by atomic mass is 35.5. The number of aliphatic carboxylic acids is 1. The molecule has 7 N–H and O–H groups in total. The molecule has 1 aromatic heterocycles. The number of halogens is 4. The molecule has 6 rings (SSSR count). The Balaban J connectivity index is 0.000000234. The number of benzene rings is 3. The number of amides is 2. The maximum Gasteiger partial charge on any atom is 0.418 e. The standard InChI is InChI=1S/C22H25ClF3N5O2.C14H19N3O/c1-30(2)8-5-9-31-17-7-4-3-6-16(17)29-19(31)21(28,20(32)33)12-13-10-14(22(24,25)26)18(27)15(23)11-13;18-14-16-13-4-2-1-3-11(13)7-10-17(14)12-5-8-15-9-6-12/h3-4,6-7,10-11H,5,8-9,12,27-28H2,1-2H3,(H,32,33);1-4,12,15H,5-10H2,(H,16,18). The molecule has 1 atom stereocenters. The molecule has 0 aliphatic carbocycles. The normalized spacial score (nSPS) is 16.5. The number of carboxylic acids is 1. The van der Waals surface area contributed by atoms with Crippen molar-refractivity contribution in [3.63, 3.8) is 0 Å². The van der Waals surface area contributed by atoms with Gasteiger partial charge in [-0.15, -0.1) is 0 Å². The minimum Gasteiger partial charge on any atom is -0.480 e. The number of rotatable bonds is 9. The number of carboxylic acid groups (broad SMARTS) is 1. The zero-order chi connectivity index (χ0) is 36.9. The van der Waals surface area contributed by atoms with E-state index in [1.165, 1.54) is 11.6 Å². The molecule has 3 heterocycles. The van der Waals surface area contributed by atoms with Crippen molar-refractivity contribution in [2.24, 2.45) is 5.73 Å². The van der Waals surface area contributed by atoms with E-state index < -0.39 is 35.4 Å². The van der Waals surface area contributed by atoms with Crippen molar-refractivity contribution in [1.29, 1.82) is 0 Å². The van der Waals surface area contributed by atoms with Crippen molar-refractivity contribution in [2.45, 2.75) is 56.4 Å². The molecule has 2 aliphatic heterocycles. The lowest BCUT2D eigenvalue weighted by molar-refractivity contribution is -0.144. The third-order valence-electron chi connectivity index (χ3n) is 9.29. The monoisotopic (exact) mass is 728 g/mol. The van der Waals surface area contributed by atoms with Crippen molar-refractivity contribution in [3.8, 4) is 0 Å². The molecule has 0 radical (unpaired) electrons. The molecule has 1 unspecified atom stereocenters. The average Bonchev–Trinajstić information content (AvgIpc) is 3.37. The number of fused-ring (bicyclic) bond motifs is 2. The van der Waals surface area contributed by atoms with Crippen LogP contribution < -0.4 is 22.1 Å². The minimum atomic E-state index is -4.76. The fourth-order valence-electron chi connectivity index (χ4n) is 6.63. The van der Waals surface area contributed by atoms with Crippen LogP contribution in [0.3, 0.4) is 0 Å². The van der Waals surface area contributed by atoms with Gasteiger partial charge < -0.3 is 41.6 Å². The fourth-order valence-corrected chi connectivity index (χ4v) is 6.87. The molecule has 274 valence electrons. The van der Waals surface area contributed by atoms with Crippen LogP contribution in [0.15, 0.2) is 60.7 Å². The zero-order valence-electron chi connectivity index (χ0n) is 28.6. The number of carbonyl (C=O) groups excluding carboxylic acids is 1. The summed E-state index contributed by atoms with van der Waals surface area (Å²) < 4.78 is 42.0. The van der Waals surface area contributed by atoms with E-state index in [0.717, 1.165) is 57.2 Å². The van der Waals surface area contributed by atoms with E-state index in [9.17, 15) is 27.9 Å². The molecular formula is C36H44ClF3N8O3. The Hall–Kier alpha value is -4.37. The number of alkyl halides is 3. The third-order valence-corrected chi connectivity index (χ3v) is 9.60. The maximum absolute atomic E-state index is 13.4. The van der Waals surface area contributed by atoms with E-state index in [0.29, 0.717) is 30.0 Å². The highest BCUT2D eigenvalue weighted by Crippen LogP contribution is 2.39. The summed E-state index contributed by atoms with van der Waals surface area (Å²) in [6.07, 6.45) is -1.49. The van der Waals surface area contributed by atoms with Crippen LogP contribution in [0.2, 0.25) is 5.02 Å². The molecule has 0 bridgehead atoms. The topological polar surface area (TPSA) is 155 Å². The van der Waals surface area contributed by atoms with E-state index >= 15 is 0 Å². The molecule has 51 heavy (non-hydrogen) atoms. The van der Waals surface area contributed by atoms with E-state index in [1.807, 2.05) is 42.1 Å². The first-order chi connectivity index (χ1) is 24.2. The highest BCUT2D eigenvalue weighted by molar-refractivity contribution is 6.33. The Morgan fingerprint density at radius 2 is 1.78 bits per heavy atom. The van der Waals surface area contributed by atoms with Gasteiger partial charge in [0.25, 0.3) is 0 Å². The van der Waals surface area contributed by atoms with Crippen LogP contribution in [0, 0.1) is 0 Å². The lowest BCUT2D eigenvalue weighted by Crippen LogP contribution is -2.49. The summed E-state index contributed by atoms with van der Waals surface area (Å²) in [5, 5.41) is 16.1. The van der Waals surface area contributed by atoms with Crippen LogP contribution in [0.4, 0.5) is 29.3 Å². The Bertz CT molecular complexity index is 1860. The summed E-state index contributed by atoms with van der Waals surface area (Å²) in [6.45, 7) is 4.02. The number of aryl methyl sites for hydroxylation is 1. The quantitative estimate of drug-likeness (QED) is 0.141. The Morgan fingerprint density at radius 1 is 1.10 bits per heavy atom. The first-order valence-corrected chi connectivity index (χ1v) is 17.2. The number of hydrogen-bond acceptors (Lipinski definition) is 7. The number of aromatic nitrogens is 2. The summed E-state index contributed by atoms with van der Waals surface area (Å²) in [5.74, 6) is -1.37. The van der Waals surface area contributed by atoms with Crippen molar-refractivity contribution in [3.05, 3.63) is 88.2 Å². The van der Waals surface area contributed by atoms with E-state index in [2.05, 4.69) is 21.7 Å². The summed E-state index contributed by atoms with van der Waals surface area (Å²) in [6, 6.07) is 17.6. The van der Waals surface area contributed by atoms with Gasteiger partial charge in [-0.2, -0.15) is 13.2 Å². The van der Waals surface area contributed by atoms with Gasteiger partial charge in [-0.3, -0.25) is 0 Å². The van der Waals surface area contributed by atoms with Crippen molar-refractivity contribution in [2.75, 3.05) is 51.3 Å². The van der Waals surface area contributed by atoms with Gasteiger partial charge >= 0.3 is 18.2 Å². The smallest absolute Gasteiger partial charge is 0.418 e. The predicted molar refractivity (Wildman–Crippen MR) is 193 cm³/mol. The van der Waals surface area contributed by atoms with Crippen LogP contribution in [0.25, 0.3) is 11.0 Å². The summed E-state index contributed by atoms with van der Waals surface area (Å²) in [7, 11) is 3.83. The first-order valence-electron chi connectivity index (χ1n) is 16.8. The number of para-hydroxylation sites is 3. The van der Waals surface area contributed by atoms with Crippen molar-refractivity contribution < 1.29 is 27.9 Å². The van der Waals surface area contributed by atoms with Gasteiger partial charge in [0.1, 0.15) is 5.82 Å². The first kappa shape index (κ1) is 37.9. The molecule has 2 amide bonds. The lowest BCUT2D eigenvalue weighted by Gasteiger charge is -2.33. The van der Waals surface area contributed by atoms with Crippen LogP contribution in [0.5, 0.6) is 0 Å². The van der Waals surface area contributed by atoms with Crippen LogP contribution in [0.1, 0.15) is 41.8 Å². The summed E-state index contributed by atoms with van der Waals surface area (Å²) in [4.78, 5) is 33.2. The minimum absolute atomic E-state index is 0.0154. The number of nitrogens with two attached hydrogens (primary N) is 2. The number of piperidine rings is 1. The number of hydrogen-bond donors (Lipinski definition) is 5. The predicted octanol–water partition coefficient (Wildman–Crippen LogP) is 5.55. The lowest BCUT2D eigenvalue weighted by atomic mass is 9.89. The molecule has 2 aliphatic rings. The van der Waals surface area contributed by atoms with Crippen LogP contribution in [-0.4, -0.2) is 82.8 Å². The molecule has 3 aromatic carbocycles. The summed E-state index contributed by atoms with van der Waals surface area (Å²) >= 11 is 5.93. The van der Waals surface area contributed by atoms with Gasteiger partial charge in [-0.05, 0) is 101 Å². The molecule has 0 saturated carbocycles. The number of imidazole rings is 1. The molecule has 1 saturated heterocycles. The number of urea groups is 1. The number of anilines is 2. The van der Waals surface area contributed by atoms with Gasteiger partial charge in [0, 0.05) is 31.2 Å². The Morgan fingerprint density at radius 3 is 2.47 bits per heavy atom. The molecule has 4 aromatic rings. The van der Waals surface area contributed by atoms with Crippen LogP contribution in [-0.2, 0) is 35.9 Å². The highest BCUT2D eigenvalue weighted by Gasteiger charge is 2.42. The molecular weight excluding hydrogens is 685 g/mol. The van der Waals surface area contributed by atoms with Gasteiger partial charge in [0.2, 0.25) is 0 Å². The van der Waals surface area contributed by atoms with Gasteiger partial charge in [-0.1, -0.05) is 41.9 Å². The molecule has 0 spiro atoms. The van der Waals surface area contributed by atoms with E-state index in [1.54, 1.807) is 28.8 Å². The third kappa shape index (κ3) is 8.75. The van der Waals surface area contributed by atoms with Gasteiger partial charge in [0.05, 0.1) is 27.3 Å². The van der Waals surface area contributed by atoms with Gasteiger partial charge in [-0.25, -0.2) is 14.6 Å². The zero-order valence-corrected chi connectivity index (χ0v) is 29.4. The second-order valence-corrected chi connectivity index (χ2v) is 13.6. The molecule has 1 fully saturated rings. The Kier molecular flexibility index (Phi) is 11.8. The fraction of sp³-hybridized carbons (Fsp3) is 0.417. The Labute approximate surface area is 299 Å². The number of nitrogens with zero attached hydrogens (tertiary/aromatic N) is 4. The van der Waals surface area contributed by atoms with Crippen LogP contribution >= 0.6 is 11.6 Å². The number of nitrogens with one attached hydrogen (secondary N) is 2. The molecule has 11 nitrogen and oxygen atoms in total. The number of carbonyl (C=O) groups is 2. The SMILES string of the molecule is CN(C)CCCn1c(C(N)(Cc2cc(Cl)c(N)c(C(F)(F)F)c2)C(=O)O)nc2ccccc21.O=C1Nc2ccccc2CCN1C1CCNCC1. The van der Waals surface area contributed by atoms with E-state index in [4.69, 9.17) is 23.1 Å². The van der Waals surface area contributed by atoms with Gasteiger partial charge in [0.15, 0.2) is 5.54 Å². The van der Waals surface area contributed by atoms with Crippen molar-refractivity contribution in [1.82, 2.24) is 24.7 Å². The average molecular weight is 729 g/mol. The summed E-state index contributed by atoms with van der Waals surface area (Å²) in [5.41, 5.74) is 11.4.